The van der Waals surface area contributed by atoms with Crippen LogP contribution >= 0.6 is 11.8 Å². The van der Waals surface area contributed by atoms with E-state index in [1.807, 2.05) is 11.8 Å². The summed E-state index contributed by atoms with van der Waals surface area (Å²) in [6.45, 7) is 4.61. The molecule has 3 saturated heterocycles. The summed E-state index contributed by atoms with van der Waals surface area (Å²) in [5.41, 5.74) is 0. The van der Waals surface area contributed by atoms with Crippen molar-refractivity contribution in [3.8, 4) is 0 Å². The Kier molecular flexibility index (Phi) is 4.34. The zero-order valence-corrected chi connectivity index (χ0v) is 12.5. The van der Waals surface area contributed by atoms with E-state index in [0.29, 0.717) is 11.8 Å². The molecule has 0 aromatic carbocycles. The maximum atomic E-state index is 12.6. The first-order valence-electron chi connectivity index (χ1n) is 7.40. The van der Waals surface area contributed by atoms with Gasteiger partial charge in [0.15, 0.2) is 0 Å². The van der Waals surface area contributed by atoms with Gasteiger partial charge in [-0.15, -0.1) is 0 Å². The van der Waals surface area contributed by atoms with Crippen molar-refractivity contribution in [3.05, 3.63) is 0 Å². The molecule has 2 atom stereocenters. The summed E-state index contributed by atoms with van der Waals surface area (Å²) in [7, 11) is 2.15. The van der Waals surface area contributed by atoms with E-state index in [1.165, 1.54) is 0 Å². The Morgan fingerprint density at radius 1 is 1.21 bits per heavy atom. The highest BCUT2D eigenvalue weighted by molar-refractivity contribution is 7.99. The number of amides is 1. The van der Waals surface area contributed by atoms with Crippen LogP contribution in [0.1, 0.15) is 12.8 Å². The molecule has 3 aliphatic rings. The number of rotatable bonds is 1. The minimum Gasteiger partial charge on any atom is -0.375 e. The first-order chi connectivity index (χ1) is 9.24. The first-order valence-corrected chi connectivity index (χ1v) is 8.56. The van der Waals surface area contributed by atoms with E-state index < -0.39 is 0 Å². The summed E-state index contributed by atoms with van der Waals surface area (Å²) in [4.78, 5) is 17.0. The van der Waals surface area contributed by atoms with Crippen molar-refractivity contribution < 1.29 is 9.53 Å². The van der Waals surface area contributed by atoms with Gasteiger partial charge in [0.2, 0.25) is 5.91 Å². The van der Waals surface area contributed by atoms with Gasteiger partial charge in [0, 0.05) is 38.0 Å². The van der Waals surface area contributed by atoms with E-state index in [4.69, 9.17) is 4.74 Å². The number of fused-ring (bicyclic) bond motifs is 1. The molecule has 0 spiro atoms. The van der Waals surface area contributed by atoms with Crippen molar-refractivity contribution in [2.24, 2.45) is 11.8 Å². The molecular weight excluding hydrogens is 260 g/mol. The van der Waals surface area contributed by atoms with Crippen LogP contribution in [0.4, 0.5) is 0 Å². The Morgan fingerprint density at radius 2 is 2.00 bits per heavy atom. The Balaban J connectivity index is 1.59. The molecule has 0 N–H and O–H groups in total. The highest BCUT2D eigenvalue weighted by atomic mass is 32.2. The van der Waals surface area contributed by atoms with Crippen LogP contribution in [0.2, 0.25) is 0 Å². The van der Waals surface area contributed by atoms with Gasteiger partial charge >= 0.3 is 0 Å². The van der Waals surface area contributed by atoms with E-state index in [9.17, 15) is 4.79 Å². The number of likely N-dealkylation sites (tertiary alicyclic amines) is 1. The van der Waals surface area contributed by atoms with E-state index in [2.05, 4.69) is 16.8 Å². The summed E-state index contributed by atoms with van der Waals surface area (Å²) in [5, 5.41) is 0. The van der Waals surface area contributed by atoms with Crippen LogP contribution in [0, 0.1) is 11.8 Å². The third kappa shape index (κ3) is 3.09. The van der Waals surface area contributed by atoms with Gasteiger partial charge < -0.3 is 14.5 Å². The Hall–Kier alpha value is -0.260. The Morgan fingerprint density at radius 3 is 2.79 bits per heavy atom. The maximum absolute atomic E-state index is 12.6. The maximum Gasteiger partial charge on any atom is 0.225 e. The van der Waals surface area contributed by atoms with Crippen molar-refractivity contribution in [3.63, 3.8) is 0 Å². The molecule has 3 fully saturated rings. The summed E-state index contributed by atoms with van der Waals surface area (Å²) >= 11 is 1.98. The van der Waals surface area contributed by atoms with Gasteiger partial charge in [-0.2, -0.15) is 11.8 Å². The zero-order valence-electron chi connectivity index (χ0n) is 11.7. The molecule has 3 heterocycles. The van der Waals surface area contributed by atoms with Crippen molar-refractivity contribution >= 4 is 17.7 Å². The predicted octanol–water partition coefficient (Wildman–Crippen LogP) is 0.919. The second-order valence-electron chi connectivity index (χ2n) is 6.06. The number of likely N-dealkylation sites (N-methyl/N-ethyl adjacent to an activating group) is 1. The number of hydrogen-bond acceptors (Lipinski definition) is 4. The number of nitrogens with zero attached hydrogens (tertiary/aromatic N) is 2. The van der Waals surface area contributed by atoms with Crippen molar-refractivity contribution in [2.45, 2.75) is 18.9 Å². The van der Waals surface area contributed by atoms with E-state index in [1.54, 1.807) is 0 Å². The molecule has 1 amide bonds. The van der Waals surface area contributed by atoms with Crippen LogP contribution in [-0.4, -0.2) is 73.2 Å². The molecular formula is C14H24N2O2S. The van der Waals surface area contributed by atoms with E-state index in [-0.39, 0.29) is 12.0 Å². The standard InChI is InChI=1S/C14H24N2O2S/c1-15-4-5-18-13-10-16(9-12(13)8-15)14(17)11-2-6-19-7-3-11/h11-13H,2-10H2,1H3/t12-,13+/m0/s1. The van der Waals surface area contributed by atoms with Gasteiger partial charge in [0.05, 0.1) is 12.7 Å². The van der Waals surface area contributed by atoms with Crippen LogP contribution in [0.15, 0.2) is 0 Å². The van der Waals surface area contributed by atoms with Crippen LogP contribution in [-0.2, 0) is 9.53 Å². The van der Waals surface area contributed by atoms with Gasteiger partial charge in [-0.3, -0.25) is 4.79 Å². The second kappa shape index (κ2) is 6.02. The fourth-order valence-electron chi connectivity index (χ4n) is 3.44. The monoisotopic (exact) mass is 284 g/mol. The fraction of sp³-hybridized carbons (Fsp3) is 0.929. The van der Waals surface area contributed by atoms with Gasteiger partial charge in [-0.1, -0.05) is 0 Å². The zero-order chi connectivity index (χ0) is 13.2. The predicted molar refractivity (Wildman–Crippen MR) is 77.4 cm³/mol. The topological polar surface area (TPSA) is 32.8 Å². The molecule has 108 valence electrons. The molecule has 3 aliphatic heterocycles. The average molecular weight is 284 g/mol. The lowest BCUT2D eigenvalue weighted by Gasteiger charge is -2.26. The first kappa shape index (κ1) is 13.7. The molecule has 0 bridgehead atoms. The minimum atomic E-state index is 0.270. The van der Waals surface area contributed by atoms with Crippen LogP contribution < -0.4 is 0 Å². The third-order valence-corrected chi connectivity index (χ3v) is 5.66. The van der Waals surface area contributed by atoms with Gasteiger partial charge in [0.1, 0.15) is 0 Å². The number of carbonyl (C=O) groups is 1. The molecule has 4 nitrogen and oxygen atoms in total. The minimum absolute atomic E-state index is 0.270. The Labute approximate surface area is 119 Å². The number of hydrogen-bond donors (Lipinski definition) is 0. The third-order valence-electron chi connectivity index (χ3n) is 4.61. The van der Waals surface area contributed by atoms with E-state index in [0.717, 1.165) is 57.1 Å². The average Bonchev–Trinajstić information content (AvgIpc) is 2.74. The Bertz CT molecular complexity index is 333. The fourth-order valence-corrected chi connectivity index (χ4v) is 4.55. The molecule has 0 aromatic heterocycles. The van der Waals surface area contributed by atoms with Crippen molar-refractivity contribution in [1.82, 2.24) is 9.80 Å². The van der Waals surface area contributed by atoms with Gasteiger partial charge in [0.25, 0.3) is 0 Å². The summed E-state index contributed by atoms with van der Waals surface area (Å²) in [6, 6.07) is 0. The summed E-state index contributed by atoms with van der Waals surface area (Å²) in [5.74, 6) is 3.47. The molecule has 0 unspecified atom stereocenters. The number of thioether (sulfide) groups is 1. The van der Waals surface area contributed by atoms with Gasteiger partial charge in [-0.05, 0) is 31.4 Å². The summed E-state index contributed by atoms with van der Waals surface area (Å²) in [6.07, 6.45) is 2.40. The van der Waals surface area contributed by atoms with E-state index >= 15 is 0 Å². The molecule has 0 radical (unpaired) electrons. The second-order valence-corrected chi connectivity index (χ2v) is 7.29. The summed E-state index contributed by atoms with van der Waals surface area (Å²) < 4.78 is 5.93. The lowest BCUT2D eigenvalue weighted by atomic mass is 10.0. The quantitative estimate of drug-likeness (QED) is 0.717. The highest BCUT2D eigenvalue weighted by Crippen LogP contribution is 2.29. The molecule has 0 saturated carbocycles. The lowest BCUT2D eigenvalue weighted by molar-refractivity contribution is -0.135. The molecule has 3 rings (SSSR count). The number of carbonyl (C=O) groups excluding carboxylic acids is 1. The molecule has 0 aromatic rings. The van der Waals surface area contributed by atoms with Crippen molar-refractivity contribution in [1.29, 1.82) is 0 Å². The molecule has 0 aliphatic carbocycles. The number of ether oxygens (including phenoxy) is 1. The SMILES string of the molecule is CN1CCO[C@@H]2CN(C(=O)C3CCSCC3)C[C@@H]2C1. The van der Waals surface area contributed by atoms with Crippen molar-refractivity contribution in [2.75, 3.05) is 51.3 Å². The normalized spacial score (nSPS) is 34.1. The highest BCUT2D eigenvalue weighted by Gasteiger charge is 2.39. The van der Waals surface area contributed by atoms with Gasteiger partial charge in [-0.25, -0.2) is 0 Å². The molecule has 5 heteroatoms. The molecule has 19 heavy (non-hydrogen) atoms. The van der Waals surface area contributed by atoms with Crippen LogP contribution in [0.5, 0.6) is 0 Å². The lowest BCUT2D eigenvalue weighted by Crippen LogP contribution is -2.37. The largest absolute Gasteiger partial charge is 0.375 e. The smallest absolute Gasteiger partial charge is 0.225 e. The van der Waals surface area contributed by atoms with Crippen LogP contribution in [0.3, 0.4) is 0 Å². The van der Waals surface area contributed by atoms with Crippen LogP contribution in [0.25, 0.3) is 0 Å².